The van der Waals surface area contributed by atoms with Crippen molar-refractivity contribution in [1.82, 2.24) is 24.0 Å². The third-order valence-electron chi connectivity index (χ3n) is 5.22. The van der Waals surface area contributed by atoms with Gasteiger partial charge < -0.3 is 20.7 Å². The Hall–Kier alpha value is -2.55. The third-order valence-corrected chi connectivity index (χ3v) is 7.99. The van der Waals surface area contributed by atoms with Crippen LogP contribution in [0.4, 0.5) is 5.69 Å². The van der Waals surface area contributed by atoms with Crippen LogP contribution in [0, 0.1) is 0 Å². The van der Waals surface area contributed by atoms with E-state index < -0.39 is 21.8 Å². The normalized spacial score (nSPS) is 15.4. The van der Waals surface area contributed by atoms with Gasteiger partial charge in [-0.2, -0.15) is 9.40 Å². The van der Waals surface area contributed by atoms with Crippen LogP contribution in [-0.4, -0.2) is 83.5 Å². The number of hydrogen-bond acceptors (Lipinski definition) is 8. The minimum Gasteiger partial charge on any atom is -0.477 e. The van der Waals surface area contributed by atoms with Gasteiger partial charge in [-0.05, 0) is 35.5 Å². The van der Waals surface area contributed by atoms with Gasteiger partial charge in [0.1, 0.15) is 20.7 Å². The molecule has 2 amide bonds. The summed E-state index contributed by atoms with van der Waals surface area (Å²) < 4.78 is 34.9. The summed E-state index contributed by atoms with van der Waals surface area (Å²) >= 11 is 3.25. The Morgan fingerprint density at radius 2 is 1.91 bits per heavy atom. The molecule has 0 aliphatic carbocycles. The van der Waals surface area contributed by atoms with Crippen molar-refractivity contribution in [3.05, 3.63) is 28.1 Å². The maximum atomic E-state index is 13.2. The van der Waals surface area contributed by atoms with Crippen molar-refractivity contribution in [2.24, 2.45) is 12.8 Å². The molecule has 0 spiro atoms. The zero-order valence-electron chi connectivity index (χ0n) is 18.5. The van der Waals surface area contributed by atoms with E-state index in [0.29, 0.717) is 30.8 Å². The number of hydrogen-bond donors (Lipinski definition) is 2. The van der Waals surface area contributed by atoms with Crippen LogP contribution in [0.25, 0.3) is 0 Å². The molecule has 2 aromatic rings. The highest BCUT2D eigenvalue weighted by Gasteiger charge is 2.30. The van der Waals surface area contributed by atoms with Crippen LogP contribution in [0.15, 0.2) is 21.8 Å². The number of ether oxygens (including phenoxy) is 1. The molecule has 1 aliphatic heterocycles. The second-order valence-corrected chi connectivity index (χ2v) is 9.94. The maximum absolute atomic E-state index is 13.2. The largest absolute Gasteiger partial charge is 0.477 e. The summed E-state index contributed by atoms with van der Waals surface area (Å²) in [5.41, 5.74) is 5.16. The Kier molecular flexibility index (Phi) is 7.72. The highest BCUT2D eigenvalue weighted by Crippen LogP contribution is 2.28. The van der Waals surface area contributed by atoms with Gasteiger partial charge in [0.2, 0.25) is 15.9 Å². The molecule has 3 N–H and O–H groups in total. The fourth-order valence-corrected chi connectivity index (χ4v) is 5.15. The number of pyridine rings is 1. The van der Waals surface area contributed by atoms with Crippen LogP contribution in [0.1, 0.15) is 34.7 Å². The number of anilines is 1. The Morgan fingerprint density at radius 3 is 2.48 bits per heavy atom. The molecule has 1 aliphatic rings. The molecule has 3 heterocycles. The molecule has 12 nitrogen and oxygen atoms in total. The maximum Gasteiger partial charge on any atom is 0.271 e. The summed E-state index contributed by atoms with van der Waals surface area (Å²) in [6.07, 6.45) is 1.18. The summed E-state index contributed by atoms with van der Waals surface area (Å²) in [6.45, 7) is 6.73. The molecule has 0 saturated carbocycles. The fraction of sp³-hybridized carbons (Fsp3) is 0.474. The molecule has 33 heavy (non-hydrogen) atoms. The van der Waals surface area contributed by atoms with Gasteiger partial charge in [-0.25, -0.2) is 13.4 Å². The van der Waals surface area contributed by atoms with Gasteiger partial charge in [-0.1, -0.05) is 6.92 Å². The summed E-state index contributed by atoms with van der Waals surface area (Å²) in [5, 5.41) is 6.54. The number of rotatable bonds is 8. The Labute approximate surface area is 200 Å². The van der Waals surface area contributed by atoms with E-state index >= 15 is 0 Å². The summed E-state index contributed by atoms with van der Waals surface area (Å²) in [5.74, 6) is -1.60. The Balaban J connectivity index is 1.96. The molecular formula is C19H26BrN7O5S. The summed E-state index contributed by atoms with van der Waals surface area (Å²) in [4.78, 5) is 31.0. The lowest BCUT2D eigenvalue weighted by molar-refractivity contribution is 0.0995. The molecule has 1 saturated heterocycles. The van der Waals surface area contributed by atoms with Crippen LogP contribution in [0.3, 0.4) is 0 Å². The molecule has 0 atom stereocenters. The van der Waals surface area contributed by atoms with Gasteiger partial charge >= 0.3 is 0 Å². The average Bonchev–Trinajstić information content (AvgIpc) is 3.08. The molecular weight excluding hydrogens is 518 g/mol. The molecule has 2 aromatic heterocycles. The van der Waals surface area contributed by atoms with Crippen molar-refractivity contribution in [1.29, 1.82) is 0 Å². The van der Waals surface area contributed by atoms with Crippen LogP contribution < -0.4 is 15.8 Å². The van der Waals surface area contributed by atoms with E-state index in [0.717, 1.165) is 6.54 Å². The number of likely N-dealkylation sites (N-methyl/N-ethyl adjacent to an activating group) is 1. The zero-order valence-corrected chi connectivity index (χ0v) is 20.9. The van der Waals surface area contributed by atoms with E-state index in [-0.39, 0.29) is 34.3 Å². The van der Waals surface area contributed by atoms with E-state index in [1.807, 2.05) is 6.92 Å². The smallest absolute Gasteiger partial charge is 0.271 e. The second-order valence-electron chi connectivity index (χ2n) is 7.25. The molecule has 1 fully saturated rings. The molecule has 180 valence electrons. The number of nitrogens with two attached hydrogens (primary N) is 1. The number of aromatic nitrogens is 3. The van der Waals surface area contributed by atoms with Gasteiger partial charge in [-0.3, -0.25) is 14.3 Å². The fourth-order valence-electron chi connectivity index (χ4n) is 3.39. The van der Waals surface area contributed by atoms with Gasteiger partial charge in [0, 0.05) is 33.2 Å². The SMILES string of the molecule is CCOc1ncc(S(=O)(=O)N2CCN(CC)CC2)cc1C(=O)Nc1c(C(N)=O)nn(C)c1Br. The minimum atomic E-state index is -3.87. The topological polar surface area (TPSA) is 153 Å². The number of carbonyl (C=O) groups is 2. The number of halogens is 1. The lowest BCUT2D eigenvalue weighted by Gasteiger charge is -2.33. The quantitative estimate of drug-likeness (QED) is 0.492. The van der Waals surface area contributed by atoms with Crippen molar-refractivity contribution >= 4 is 43.5 Å². The average molecular weight is 544 g/mol. The Bertz CT molecular complexity index is 1160. The number of primary amides is 1. The zero-order chi connectivity index (χ0) is 24.3. The predicted molar refractivity (Wildman–Crippen MR) is 124 cm³/mol. The second kappa shape index (κ2) is 10.2. The Morgan fingerprint density at radius 1 is 1.24 bits per heavy atom. The van der Waals surface area contributed by atoms with E-state index in [2.05, 4.69) is 36.2 Å². The first kappa shape index (κ1) is 25.1. The number of sulfonamides is 1. The van der Waals surface area contributed by atoms with Crippen LogP contribution in [-0.2, 0) is 17.1 Å². The number of aryl methyl sites for hydroxylation is 1. The number of nitrogens with zero attached hydrogens (tertiary/aromatic N) is 5. The van der Waals surface area contributed by atoms with Gasteiger partial charge in [0.25, 0.3) is 11.8 Å². The van der Waals surface area contributed by atoms with E-state index in [9.17, 15) is 18.0 Å². The minimum absolute atomic E-state index is 0.0367. The molecule has 3 rings (SSSR count). The van der Waals surface area contributed by atoms with Crippen molar-refractivity contribution in [3.8, 4) is 5.88 Å². The van der Waals surface area contributed by atoms with Gasteiger partial charge in [0.05, 0.1) is 12.8 Å². The first-order valence-electron chi connectivity index (χ1n) is 10.3. The van der Waals surface area contributed by atoms with Crippen molar-refractivity contribution in [2.45, 2.75) is 18.7 Å². The van der Waals surface area contributed by atoms with E-state index in [1.165, 1.54) is 21.3 Å². The standard InChI is InChI=1S/C19H26BrN7O5S/c1-4-26-6-8-27(9-7-26)33(30,31)12-10-13(19(22-11-12)32-5-2)18(29)23-14-15(17(21)28)24-25(3)16(14)20/h10-11H,4-9H2,1-3H3,(H2,21,28)(H,23,29). The third kappa shape index (κ3) is 5.18. The van der Waals surface area contributed by atoms with Crippen LogP contribution >= 0.6 is 15.9 Å². The number of nitrogens with one attached hydrogen (secondary N) is 1. The number of carbonyl (C=O) groups excluding carboxylic acids is 2. The van der Waals surface area contributed by atoms with Crippen molar-refractivity contribution in [2.75, 3.05) is 44.6 Å². The van der Waals surface area contributed by atoms with Gasteiger partial charge in [0.15, 0.2) is 5.69 Å². The van der Waals surface area contributed by atoms with Crippen LogP contribution in [0.2, 0.25) is 0 Å². The molecule has 0 unspecified atom stereocenters. The number of amides is 2. The lowest BCUT2D eigenvalue weighted by Crippen LogP contribution is -2.48. The predicted octanol–water partition coefficient (Wildman–Crippen LogP) is 0.654. The highest BCUT2D eigenvalue weighted by atomic mass is 79.9. The van der Waals surface area contributed by atoms with Crippen molar-refractivity contribution in [3.63, 3.8) is 0 Å². The summed E-state index contributed by atoms with van der Waals surface area (Å²) in [6, 6.07) is 1.23. The molecule has 14 heteroatoms. The van der Waals surface area contributed by atoms with Crippen molar-refractivity contribution < 1.29 is 22.7 Å². The highest BCUT2D eigenvalue weighted by molar-refractivity contribution is 9.10. The van der Waals surface area contributed by atoms with Crippen LogP contribution in [0.5, 0.6) is 5.88 Å². The summed E-state index contributed by atoms with van der Waals surface area (Å²) in [7, 11) is -2.31. The number of piperazine rings is 1. The molecule has 0 radical (unpaired) electrons. The lowest BCUT2D eigenvalue weighted by atomic mass is 10.2. The first-order valence-corrected chi connectivity index (χ1v) is 12.5. The molecule has 0 bridgehead atoms. The van der Waals surface area contributed by atoms with E-state index in [4.69, 9.17) is 10.5 Å². The van der Waals surface area contributed by atoms with E-state index in [1.54, 1.807) is 14.0 Å². The monoisotopic (exact) mass is 543 g/mol. The van der Waals surface area contributed by atoms with Gasteiger partial charge in [-0.15, -0.1) is 0 Å². The molecule has 0 aromatic carbocycles. The first-order chi connectivity index (χ1) is 15.6.